The molecule has 3 aromatic carbocycles. The Hall–Kier alpha value is -3.39. The summed E-state index contributed by atoms with van der Waals surface area (Å²) in [4.78, 5) is 12.5. The lowest BCUT2D eigenvalue weighted by atomic mass is 10.0. The van der Waals surface area contributed by atoms with Crippen LogP contribution in [0, 0.1) is 0 Å². The Morgan fingerprint density at radius 3 is 2.15 bits per heavy atom. The third kappa shape index (κ3) is 2.86. The maximum Gasteiger partial charge on any atom is 0.185 e. The van der Waals surface area contributed by atoms with Gasteiger partial charge in [0.2, 0.25) is 0 Å². The molecule has 126 valence electrons. The van der Waals surface area contributed by atoms with Gasteiger partial charge in [0.05, 0.1) is 5.69 Å². The molecule has 26 heavy (non-hydrogen) atoms. The van der Waals surface area contributed by atoms with Gasteiger partial charge in [0.25, 0.3) is 0 Å². The monoisotopic (exact) mass is 337 g/mol. The number of allylic oxidation sites excluding steroid dienone is 1. The zero-order valence-corrected chi connectivity index (χ0v) is 14.6. The molecule has 0 unspecified atom stereocenters. The highest BCUT2D eigenvalue weighted by molar-refractivity contribution is 6.09. The van der Waals surface area contributed by atoms with Gasteiger partial charge in [0.1, 0.15) is 0 Å². The molecule has 1 aromatic heterocycles. The van der Waals surface area contributed by atoms with E-state index in [0.717, 1.165) is 27.7 Å². The molecule has 1 heterocycles. The number of nitrogens with zero attached hydrogens (tertiary/aromatic N) is 1. The minimum absolute atomic E-state index is 0.0116. The highest BCUT2D eigenvalue weighted by atomic mass is 16.1. The van der Waals surface area contributed by atoms with Crippen molar-refractivity contribution in [3.8, 4) is 11.3 Å². The number of aromatic nitrogens is 1. The van der Waals surface area contributed by atoms with Crippen LogP contribution in [0.25, 0.3) is 28.2 Å². The van der Waals surface area contributed by atoms with Crippen LogP contribution in [0.3, 0.4) is 0 Å². The van der Waals surface area contributed by atoms with E-state index in [1.165, 1.54) is 0 Å². The normalized spacial score (nSPS) is 11.3. The van der Waals surface area contributed by atoms with Gasteiger partial charge in [0, 0.05) is 29.1 Å². The Balaban J connectivity index is 1.86. The van der Waals surface area contributed by atoms with Crippen molar-refractivity contribution in [1.82, 2.24) is 4.57 Å². The SMILES string of the molecule is Cn1c(-c2ccccc2)c(/C=C/C(=O)c2ccccc2)c2ccccc21. The number of hydrogen-bond acceptors (Lipinski definition) is 1. The van der Waals surface area contributed by atoms with Crippen LogP contribution in [-0.4, -0.2) is 10.4 Å². The van der Waals surface area contributed by atoms with Gasteiger partial charge in [-0.05, 0) is 23.8 Å². The van der Waals surface area contributed by atoms with E-state index in [4.69, 9.17) is 0 Å². The Morgan fingerprint density at radius 2 is 1.42 bits per heavy atom. The van der Waals surface area contributed by atoms with Crippen molar-refractivity contribution in [2.24, 2.45) is 7.05 Å². The van der Waals surface area contributed by atoms with Crippen LogP contribution >= 0.6 is 0 Å². The second kappa shape index (κ2) is 6.85. The summed E-state index contributed by atoms with van der Waals surface area (Å²) in [5, 5.41) is 1.14. The molecular formula is C24H19NO. The first kappa shape index (κ1) is 16.1. The Labute approximate surface area is 153 Å². The predicted molar refractivity (Wildman–Crippen MR) is 108 cm³/mol. The standard InChI is InChI=1S/C24H19NO/c1-25-22-15-9-8-14-20(22)21(24(25)19-12-6-3-7-13-19)16-17-23(26)18-10-4-2-5-11-18/h2-17H,1H3/b17-16+. The van der Waals surface area contributed by atoms with Crippen LogP contribution in [0.1, 0.15) is 15.9 Å². The van der Waals surface area contributed by atoms with Crippen molar-refractivity contribution < 1.29 is 4.79 Å². The van der Waals surface area contributed by atoms with E-state index in [0.29, 0.717) is 5.56 Å². The first-order valence-corrected chi connectivity index (χ1v) is 8.66. The summed E-state index contributed by atoms with van der Waals surface area (Å²) in [6, 6.07) is 27.9. The van der Waals surface area contributed by atoms with E-state index in [-0.39, 0.29) is 5.78 Å². The first-order valence-electron chi connectivity index (χ1n) is 8.66. The molecule has 0 fully saturated rings. The summed E-state index contributed by atoms with van der Waals surface area (Å²) < 4.78 is 2.19. The van der Waals surface area contributed by atoms with Crippen LogP contribution in [0.4, 0.5) is 0 Å². The van der Waals surface area contributed by atoms with Gasteiger partial charge in [0.15, 0.2) is 5.78 Å². The van der Waals surface area contributed by atoms with Gasteiger partial charge in [-0.25, -0.2) is 0 Å². The number of carbonyl (C=O) groups excluding carboxylic acids is 1. The van der Waals surface area contributed by atoms with Crippen molar-refractivity contribution in [3.05, 3.63) is 102 Å². The Bertz CT molecular complexity index is 1090. The van der Waals surface area contributed by atoms with Crippen LogP contribution < -0.4 is 0 Å². The lowest BCUT2D eigenvalue weighted by Crippen LogP contribution is -1.94. The molecular weight excluding hydrogens is 318 g/mol. The molecule has 2 nitrogen and oxygen atoms in total. The average molecular weight is 337 g/mol. The predicted octanol–water partition coefficient (Wildman–Crippen LogP) is 5.74. The van der Waals surface area contributed by atoms with Gasteiger partial charge in [-0.2, -0.15) is 0 Å². The van der Waals surface area contributed by atoms with Crippen molar-refractivity contribution in [1.29, 1.82) is 0 Å². The molecule has 0 spiro atoms. The smallest absolute Gasteiger partial charge is 0.185 e. The first-order chi connectivity index (χ1) is 12.8. The molecule has 0 amide bonds. The minimum atomic E-state index is 0.0116. The average Bonchev–Trinajstić information content (AvgIpc) is 2.99. The van der Waals surface area contributed by atoms with Gasteiger partial charge in [-0.15, -0.1) is 0 Å². The van der Waals surface area contributed by atoms with Crippen molar-refractivity contribution in [2.75, 3.05) is 0 Å². The van der Waals surface area contributed by atoms with E-state index in [1.807, 2.05) is 66.7 Å². The Morgan fingerprint density at radius 1 is 0.808 bits per heavy atom. The molecule has 0 bridgehead atoms. The third-order valence-electron chi connectivity index (χ3n) is 4.65. The van der Waals surface area contributed by atoms with Gasteiger partial charge >= 0.3 is 0 Å². The fraction of sp³-hybridized carbons (Fsp3) is 0.0417. The van der Waals surface area contributed by atoms with Crippen molar-refractivity contribution in [3.63, 3.8) is 0 Å². The zero-order chi connectivity index (χ0) is 17.9. The van der Waals surface area contributed by atoms with Crippen molar-refractivity contribution in [2.45, 2.75) is 0 Å². The summed E-state index contributed by atoms with van der Waals surface area (Å²) in [5.74, 6) is 0.0116. The van der Waals surface area contributed by atoms with E-state index < -0.39 is 0 Å². The second-order valence-electron chi connectivity index (χ2n) is 6.27. The second-order valence-corrected chi connectivity index (χ2v) is 6.27. The molecule has 4 rings (SSSR count). The number of hydrogen-bond donors (Lipinski definition) is 0. The summed E-state index contributed by atoms with van der Waals surface area (Å²) >= 11 is 0. The minimum Gasteiger partial charge on any atom is -0.343 e. The molecule has 0 aliphatic rings. The summed E-state index contributed by atoms with van der Waals surface area (Å²) in [7, 11) is 2.07. The fourth-order valence-corrected chi connectivity index (χ4v) is 3.39. The number of para-hydroxylation sites is 1. The molecule has 0 atom stereocenters. The number of benzene rings is 3. The maximum absolute atomic E-state index is 12.5. The number of ketones is 1. The fourth-order valence-electron chi connectivity index (χ4n) is 3.39. The van der Waals surface area contributed by atoms with Gasteiger partial charge < -0.3 is 4.57 Å². The summed E-state index contributed by atoms with van der Waals surface area (Å²) in [6.45, 7) is 0. The lowest BCUT2D eigenvalue weighted by Gasteiger charge is -2.06. The quantitative estimate of drug-likeness (QED) is 0.344. The van der Waals surface area contributed by atoms with Crippen LogP contribution in [0.5, 0.6) is 0 Å². The summed E-state index contributed by atoms with van der Waals surface area (Å²) in [5.41, 5.74) is 5.17. The zero-order valence-electron chi connectivity index (χ0n) is 14.6. The molecule has 0 saturated carbocycles. The molecule has 2 heteroatoms. The largest absolute Gasteiger partial charge is 0.343 e. The number of aryl methyl sites for hydroxylation is 1. The van der Waals surface area contributed by atoms with Gasteiger partial charge in [-0.3, -0.25) is 4.79 Å². The number of fused-ring (bicyclic) bond motifs is 1. The van der Waals surface area contributed by atoms with E-state index >= 15 is 0 Å². The third-order valence-corrected chi connectivity index (χ3v) is 4.65. The lowest BCUT2D eigenvalue weighted by molar-refractivity contribution is 0.104. The highest BCUT2D eigenvalue weighted by Gasteiger charge is 2.14. The molecule has 0 radical (unpaired) electrons. The van der Waals surface area contributed by atoms with Crippen molar-refractivity contribution >= 4 is 22.8 Å². The van der Waals surface area contributed by atoms with E-state index in [9.17, 15) is 4.79 Å². The molecule has 0 N–H and O–H groups in total. The summed E-state index contributed by atoms with van der Waals surface area (Å²) in [6.07, 6.45) is 3.61. The molecule has 0 saturated heterocycles. The molecule has 0 aliphatic carbocycles. The van der Waals surface area contributed by atoms with Crippen LogP contribution in [0.15, 0.2) is 91.0 Å². The highest BCUT2D eigenvalue weighted by Crippen LogP contribution is 2.34. The molecule has 0 aliphatic heterocycles. The topological polar surface area (TPSA) is 22.0 Å². The number of carbonyl (C=O) groups is 1. The number of rotatable bonds is 4. The van der Waals surface area contributed by atoms with Crippen LogP contribution in [-0.2, 0) is 7.05 Å². The van der Waals surface area contributed by atoms with E-state index in [2.05, 4.69) is 35.9 Å². The van der Waals surface area contributed by atoms with E-state index in [1.54, 1.807) is 6.08 Å². The van der Waals surface area contributed by atoms with Gasteiger partial charge in [-0.1, -0.05) is 78.9 Å². The Kier molecular flexibility index (Phi) is 4.24. The van der Waals surface area contributed by atoms with Crippen LogP contribution in [0.2, 0.25) is 0 Å². The maximum atomic E-state index is 12.5. The molecule has 4 aromatic rings.